The van der Waals surface area contributed by atoms with Crippen LogP contribution in [0.1, 0.15) is 46.1 Å². The van der Waals surface area contributed by atoms with Crippen LogP contribution < -0.4 is 0 Å². The zero-order valence-corrected chi connectivity index (χ0v) is 13.5. The van der Waals surface area contributed by atoms with Crippen LogP contribution in [0.2, 0.25) is 0 Å². The summed E-state index contributed by atoms with van der Waals surface area (Å²) in [6.45, 7) is 8.81. The number of aromatic hydroxyl groups is 1. The molecule has 0 amide bonds. The topological polar surface area (TPSA) is 20.2 Å². The highest BCUT2D eigenvalue weighted by Crippen LogP contribution is 2.35. The van der Waals surface area contributed by atoms with Gasteiger partial charge in [-0.15, -0.1) is 11.8 Å². The van der Waals surface area contributed by atoms with E-state index in [-0.39, 0.29) is 5.41 Å². The van der Waals surface area contributed by atoms with Gasteiger partial charge in [-0.2, -0.15) is 11.8 Å². The summed E-state index contributed by atoms with van der Waals surface area (Å²) in [7, 11) is 0. The Morgan fingerprint density at radius 1 is 1.22 bits per heavy atom. The Morgan fingerprint density at radius 2 is 1.94 bits per heavy atom. The van der Waals surface area contributed by atoms with Gasteiger partial charge in [0.25, 0.3) is 0 Å². The molecular formula is C15H24OS2. The Hall–Kier alpha value is -0.280. The first kappa shape index (κ1) is 15.8. The molecule has 0 heterocycles. The lowest BCUT2D eigenvalue weighted by atomic mass is 9.87. The maximum Gasteiger partial charge on any atom is 0.129 e. The zero-order chi connectivity index (χ0) is 13.6. The molecule has 1 aromatic rings. The van der Waals surface area contributed by atoms with E-state index in [1.54, 1.807) is 11.8 Å². The third-order valence-electron chi connectivity index (χ3n) is 2.77. The van der Waals surface area contributed by atoms with E-state index in [1.807, 2.05) is 23.9 Å². The number of hydrogen-bond acceptors (Lipinski definition) is 3. The monoisotopic (exact) mass is 284 g/mol. The molecule has 102 valence electrons. The number of phenolic OH excluding ortho intramolecular Hbond substituents is 1. The standard InChI is InChI=1S/C15H24OS2/c1-5-6-9-17-11-18-14-10-12(15(2,3)4)7-8-13(14)16/h7-8,10,16H,5-6,9,11H2,1-4H3. The second-order valence-corrected chi connectivity index (χ2v) is 7.94. The van der Waals surface area contributed by atoms with Crippen LogP contribution in [0.4, 0.5) is 0 Å². The summed E-state index contributed by atoms with van der Waals surface area (Å²) in [6.07, 6.45) is 2.53. The Bertz CT molecular complexity index is 369. The predicted molar refractivity (Wildman–Crippen MR) is 84.9 cm³/mol. The largest absolute Gasteiger partial charge is 0.507 e. The summed E-state index contributed by atoms with van der Waals surface area (Å²) in [5.41, 5.74) is 1.42. The lowest BCUT2D eigenvalue weighted by Crippen LogP contribution is -2.10. The number of hydrogen-bond donors (Lipinski definition) is 1. The summed E-state index contributed by atoms with van der Waals surface area (Å²) in [5.74, 6) is 1.62. The molecule has 1 rings (SSSR count). The number of thioether (sulfide) groups is 2. The van der Waals surface area contributed by atoms with Crippen molar-refractivity contribution in [2.24, 2.45) is 0 Å². The van der Waals surface area contributed by atoms with Crippen LogP contribution in [0.5, 0.6) is 5.75 Å². The number of rotatable bonds is 6. The summed E-state index contributed by atoms with van der Waals surface area (Å²) in [5, 5.41) is 10.9. The van der Waals surface area contributed by atoms with Crippen LogP contribution in [-0.2, 0) is 5.41 Å². The van der Waals surface area contributed by atoms with E-state index >= 15 is 0 Å². The van der Waals surface area contributed by atoms with Crippen molar-refractivity contribution < 1.29 is 5.11 Å². The minimum Gasteiger partial charge on any atom is -0.507 e. The van der Waals surface area contributed by atoms with Gasteiger partial charge in [-0.1, -0.05) is 40.2 Å². The first-order chi connectivity index (χ1) is 8.45. The van der Waals surface area contributed by atoms with Crippen LogP contribution in [-0.4, -0.2) is 15.9 Å². The van der Waals surface area contributed by atoms with Crippen LogP contribution in [0, 0.1) is 0 Å². The van der Waals surface area contributed by atoms with Gasteiger partial charge < -0.3 is 5.11 Å². The summed E-state index contributed by atoms with van der Waals surface area (Å²) in [6, 6.07) is 5.96. The average molecular weight is 284 g/mol. The smallest absolute Gasteiger partial charge is 0.129 e. The molecule has 0 fully saturated rings. The van der Waals surface area contributed by atoms with Crippen molar-refractivity contribution in [3.05, 3.63) is 23.8 Å². The molecule has 0 saturated carbocycles. The van der Waals surface area contributed by atoms with Gasteiger partial charge in [0, 0.05) is 5.08 Å². The second kappa shape index (κ2) is 7.34. The molecule has 0 unspecified atom stereocenters. The first-order valence-corrected chi connectivity index (χ1v) is 8.63. The van der Waals surface area contributed by atoms with E-state index < -0.39 is 0 Å². The number of unbranched alkanes of at least 4 members (excludes halogenated alkanes) is 1. The van der Waals surface area contributed by atoms with Crippen LogP contribution in [0.15, 0.2) is 23.1 Å². The van der Waals surface area contributed by atoms with Crippen molar-refractivity contribution in [3.8, 4) is 5.75 Å². The van der Waals surface area contributed by atoms with Crippen molar-refractivity contribution in [1.29, 1.82) is 0 Å². The fourth-order valence-electron chi connectivity index (χ4n) is 1.51. The molecule has 0 bridgehead atoms. The number of benzene rings is 1. The molecule has 3 heteroatoms. The van der Waals surface area contributed by atoms with Gasteiger partial charge in [0.15, 0.2) is 0 Å². The molecule has 0 aliphatic heterocycles. The predicted octanol–water partition coefficient (Wildman–Crippen LogP) is 5.27. The molecule has 1 N–H and O–H groups in total. The minimum atomic E-state index is 0.137. The maximum absolute atomic E-state index is 9.87. The van der Waals surface area contributed by atoms with Crippen molar-refractivity contribution in [1.82, 2.24) is 0 Å². The highest BCUT2D eigenvalue weighted by atomic mass is 32.2. The van der Waals surface area contributed by atoms with E-state index in [0.717, 1.165) is 9.98 Å². The van der Waals surface area contributed by atoms with E-state index in [9.17, 15) is 5.11 Å². The van der Waals surface area contributed by atoms with Crippen LogP contribution in [0.3, 0.4) is 0 Å². The van der Waals surface area contributed by atoms with Crippen LogP contribution >= 0.6 is 23.5 Å². The van der Waals surface area contributed by atoms with Gasteiger partial charge in [0.2, 0.25) is 0 Å². The van der Waals surface area contributed by atoms with Gasteiger partial charge >= 0.3 is 0 Å². The molecule has 0 aliphatic carbocycles. The SMILES string of the molecule is CCCCSCSc1cc(C(C)(C)C)ccc1O. The third-order valence-corrected chi connectivity index (χ3v) is 5.12. The lowest BCUT2D eigenvalue weighted by molar-refractivity contribution is 0.460. The van der Waals surface area contributed by atoms with Gasteiger partial charge in [0.1, 0.15) is 5.75 Å². The molecule has 0 aliphatic rings. The highest BCUT2D eigenvalue weighted by Gasteiger charge is 2.15. The quantitative estimate of drug-likeness (QED) is 0.436. The van der Waals surface area contributed by atoms with Crippen molar-refractivity contribution in [3.63, 3.8) is 0 Å². The lowest BCUT2D eigenvalue weighted by Gasteiger charge is -2.20. The average Bonchev–Trinajstić information content (AvgIpc) is 2.29. The molecule has 0 saturated heterocycles. The Morgan fingerprint density at radius 3 is 2.56 bits per heavy atom. The fourth-order valence-corrected chi connectivity index (χ4v) is 3.74. The van der Waals surface area contributed by atoms with Gasteiger partial charge in [-0.3, -0.25) is 0 Å². The molecule has 1 aromatic carbocycles. The Kier molecular flexibility index (Phi) is 6.44. The minimum absolute atomic E-state index is 0.137. The third kappa shape index (κ3) is 5.15. The van der Waals surface area contributed by atoms with Gasteiger partial charge in [0.05, 0.1) is 4.90 Å². The summed E-state index contributed by atoms with van der Waals surface area (Å²) >= 11 is 3.69. The Labute approximate surface area is 120 Å². The molecule has 0 radical (unpaired) electrons. The number of phenols is 1. The van der Waals surface area contributed by atoms with Crippen LogP contribution in [0.25, 0.3) is 0 Å². The normalized spacial score (nSPS) is 11.8. The van der Waals surface area contributed by atoms with Crippen molar-refractivity contribution in [2.75, 3.05) is 10.8 Å². The zero-order valence-electron chi connectivity index (χ0n) is 11.8. The molecule has 1 nitrogen and oxygen atoms in total. The fraction of sp³-hybridized carbons (Fsp3) is 0.600. The summed E-state index contributed by atoms with van der Waals surface area (Å²) in [4.78, 5) is 1.01. The highest BCUT2D eigenvalue weighted by molar-refractivity contribution is 8.16. The first-order valence-electron chi connectivity index (χ1n) is 6.49. The van der Waals surface area contributed by atoms with Crippen molar-refractivity contribution in [2.45, 2.75) is 50.8 Å². The van der Waals surface area contributed by atoms with Crippen molar-refractivity contribution >= 4 is 23.5 Å². The second-order valence-electron chi connectivity index (χ2n) is 5.46. The van der Waals surface area contributed by atoms with E-state index in [1.165, 1.54) is 24.2 Å². The molecule has 18 heavy (non-hydrogen) atoms. The molecule has 0 atom stereocenters. The van der Waals surface area contributed by atoms with E-state index in [4.69, 9.17) is 0 Å². The molecule has 0 aromatic heterocycles. The summed E-state index contributed by atoms with van der Waals surface area (Å²) < 4.78 is 0. The molecular weight excluding hydrogens is 260 g/mol. The van der Waals surface area contributed by atoms with E-state index in [2.05, 4.69) is 33.8 Å². The maximum atomic E-state index is 9.87. The molecule has 0 spiro atoms. The Balaban J connectivity index is 2.59. The van der Waals surface area contributed by atoms with E-state index in [0.29, 0.717) is 5.75 Å². The van der Waals surface area contributed by atoms with Gasteiger partial charge in [-0.25, -0.2) is 0 Å². The van der Waals surface area contributed by atoms with Gasteiger partial charge in [-0.05, 0) is 35.3 Å².